The molecule has 0 aliphatic rings. The number of hydrogen-bond donors (Lipinski definition) is 3. The van der Waals surface area contributed by atoms with E-state index in [4.69, 9.17) is 4.55 Å². The molecule has 114 valence electrons. The molecule has 8 heteroatoms. The summed E-state index contributed by atoms with van der Waals surface area (Å²) in [6.45, 7) is 5.33. The van der Waals surface area contributed by atoms with Crippen LogP contribution >= 0.6 is 23.5 Å². The Bertz CT molecular complexity index is 596. The second-order valence-corrected chi connectivity index (χ2v) is 8.12. The largest absolute Gasteiger partial charge is 0.507 e. The van der Waals surface area contributed by atoms with Crippen molar-refractivity contribution in [2.45, 2.75) is 30.6 Å². The Balaban J connectivity index is 3.12. The summed E-state index contributed by atoms with van der Waals surface area (Å²) in [6, 6.07) is 0. The predicted molar refractivity (Wildman–Crippen MR) is 82.8 cm³/mol. The second kappa shape index (κ2) is 6.93. The first-order chi connectivity index (χ1) is 9.19. The van der Waals surface area contributed by atoms with Crippen LogP contribution in [0.15, 0.2) is 9.79 Å². The van der Waals surface area contributed by atoms with E-state index in [0.717, 1.165) is 17.5 Å². The molecule has 0 bridgehead atoms. The molecule has 1 aromatic rings. The Hall–Kier alpha value is -0.570. The molecule has 0 aliphatic carbocycles. The number of phenols is 2. The molecule has 0 aliphatic heterocycles. The lowest BCUT2D eigenvalue weighted by atomic mass is 10.1. The SMILES string of the molecule is CCSc1c(C)c(O)c(C)c(SCCS(=O)(=O)O)c1O. The smallest absolute Gasteiger partial charge is 0.265 e. The third-order valence-corrected chi connectivity index (χ3v) is 5.95. The standard InChI is InChI=1S/C12H18O5S3/c1-4-18-11-7(2)9(13)8(3)12(10(11)14)19-5-6-20(15,16)17/h13-14H,4-6H2,1-3H3,(H,15,16,17). The molecule has 0 fully saturated rings. The maximum absolute atomic E-state index is 10.7. The number of rotatable bonds is 6. The molecule has 5 nitrogen and oxygen atoms in total. The second-order valence-electron chi connectivity index (χ2n) is 4.17. The van der Waals surface area contributed by atoms with Crippen molar-refractivity contribution in [3.05, 3.63) is 11.1 Å². The lowest BCUT2D eigenvalue weighted by Crippen LogP contribution is -2.06. The van der Waals surface area contributed by atoms with Crippen LogP contribution < -0.4 is 0 Å². The van der Waals surface area contributed by atoms with Crippen LogP contribution in [0.25, 0.3) is 0 Å². The molecule has 3 N–H and O–H groups in total. The zero-order chi connectivity index (χ0) is 15.5. The van der Waals surface area contributed by atoms with E-state index in [-0.39, 0.29) is 17.3 Å². The molecule has 0 heterocycles. The fraction of sp³-hybridized carbons (Fsp3) is 0.500. The van der Waals surface area contributed by atoms with Crippen LogP contribution in [0.5, 0.6) is 11.5 Å². The van der Waals surface area contributed by atoms with Crippen LogP contribution in [-0.4, -0.2) is 40.4 Å². The summed E-state index contributed by atoms with van der Waals surface area (Å²) < 4.78 is 30.1. The third-order valence-electron chi connectivity index (χ3n) is 2.70. The zero-order valence-electron chi connectivity index (χ0n) is 11.5. The predicted octanol–water partition coefficient (Wildman–Crippen LogP) is 2.81. The summed E-state index contributed by atoms with van der Waals surface area (Å²) in [5.74, 6) is 0.609. The van der Waals surface area contributed by atoms with Gasteiger partial charge in [-0.25, -0.2) is 0 Å². The van der Waals surface area contributed by atoms with Crippen LogP contribution in [-0.2, 0) is 10.1 Å². The van der Waals surface area contributed by atoms with E-state index in [9.17, 15) is 18.6 Å². The van der Waals surface area contributed by atoms with Gasteiger partial charge in [0, 0.05) is 16.9 Å². The minimum Gasteiger partial charge on any atom is -0.507 e. The molecule has 0 aromatic heterocycles. The van der Waals surface area contributed by atoms with E-state index >= 15 is 0 Å². The average molecular weight is 338 g/mol. The molecular weight excluding hydrogens is 320 g/mol. The van der Waals surface area contributed by atoms with E-state index in [2.05, 4.69) is 0 Å². The molecule has 0 unspecified atom stereocenters. The first kappa shape index (κ1) is 17.5. The van der Waals surface area contributed by atoms with Crippen molar-refractivity contribution in [1.29, 1.82) is 0 Å². The van der Waals surface area contributed by atoms with Gasteiger partial charge in [0.2, 0.25) is 0 Å². The summed E-state index contributed by atoms with van der Waals surface area (Å²) in [5, 5.41) is 20.3. The van der Waals surface area contributed by atoms with E-state index in [1.165, 1.54) is 11.8 Å². The molecule has 0 amide bonds. The summed E-state index contributed by atoms with van der Waals surface area (Å²) in [4.78, 5) is 1.05. The molecular formula is C12H18O5S3. The fourth-order valence-electron chi connectivity index (χ4n) is 1.70. The van der Waals surface area contributed by atoms with Gasteiger partial charge in [-0.15, -0.1) is 23.5 Å². The van der Waals surface area contributed by atoms with E-state index in [0.29, 0.717) is 20.9 Å². The number of phenolic OH excluding ortho intramolecular Hbond substituents is 2. The monoisotopic (exact) mass is 338 g/mol. The van der Waals surface area contributed by atoms with Gasteiger partial charge in [-0.1, -0.05) is 6.92 Å². The Morgan fingerprint density at radius 3 is 1.95 bits per heavy atom. The molecule has 0 saturated carbocycles. The zero-order valence-corrected chi connectivity index (χ0v) is 14.0. The first-order valence-corrected chi connectivity index (χ1v) is 9.52. The first-order valence-electron chi connectivity index (χ1n) is 5.94. The number of benzene rings is 1. The molecule has 0 radical (unpaired) electrons. The highest BCUT2D eigenvalue weighted by Crippen LogP contribution is 2.46. The maximum Gasteiger partial charge on any atom is 0.265 e. The maximum atomic E-state index is 10.7. The highest BCUT2D eigenvalue weighted by Gasteiger charge is 2.19. The third kappa shape index (κ3) is 4.21. The summed E-state index contributed by atoms with van der Waals surface area (Å²) in [6.07, 6.45) is 0. The quantitative estimate of drug-likeness (QED) is 0.417. The molecule has 1 aromatic carbocycles. The van der Waals surface area contributed by atoms with Crippen molar-refractivity contribution in [3.8, 4) is 11.5 Å². The van der Waals surface area contributed by atoms with Crippen molar-refractivity contribution in [1.82, 2.24) is 0 Å². The molecule has 20 heavy (non-hydrogen) atoms. The molecule has 0 spiro atoms. The van der Waals surface area contributed by atoms with Gasteiger partial charge in [0.05, 0.1) is 15.5 Å². The van der Waals surface area contributed by atoms with Crippen molar-refractivity contribution < 1.29 is 23.2 Å². The van der Waals surface area contributed by atoms with Crippen LogP contribution in [0.4, 0.5) is 0 Å². The Kier molecular flexibility index (Phi) is 6.06. The van der Waals surface area contributed by atoms with Gasteiger partial charge in [-0.05, 0) is 19.6 Å². The van der Waals surface area contributed by atoms with E-state index in [1.54, 1.807) is 13.8 Å². The molecule has 1 rings (SSSR count). The van der Waals surface area contributed by atoms with Crippen LogP contribution in [0, 0.1) is 13.8 Å². The van der Waals surface area contributed by atoms with Crippen LogP contribution in [0.2, 0.25) is 0 Å². The summed E-state index contributed by atoms with van der Waals surface area (Å²) in [7, 11) is -4.03. The van der Waals surface area contributed by atoms with Crippen molar-refractivity contribution in [3.63, 3.8) is 0 Å². The van der Waals surface area contributed by atoms with Crippen molar-refractivity contribution in [2.24, 2.45) is 0 Å². The lowest BCUT2D eigenvalue weighted by Gasteiger charge is -2.16. The lowest BCUT2D eigenvalue weighted by molar-refractivity contribution is 0.428. The van der Waals surface area contributed by atoms with Gasteiger partial charge in [-0.3, -0.25) is 4.55 Å². The fourth-order valence-corrected chi connectivity index (χ4v) is 4.54. The Morgan fingerprint density at radius 2 is 1.50 bits per heavy atom. The average Bonchev–Trinajstić information content (AvgIpc) is 2.35. The van der Waals surface area contributed by atoms with Gasteiger partial charge in [0.1, 0.15) is 11.5 Å². The molecule has 0 atom stereocenters. The number of aromatic hydroxyl groups is 2. The van der Waals surface area contributed by atoms with Crippen LogP contribution in [0.1, 0.15) is 18.1 Å². The summed E-state index contributed by atoms with van der Waals surface area (Å²) >= 11 is 2.51. The normalized spacial score (nSPS) is 11.8. The summed E-state index contributed by atoms with van der Waals surface area (Å²) in [5.41, 5.74) is 1.13. The number of hydrogen-bond acceptors (Lipinski definition) is 6. The molecule has 0 saturated heterocycles. The highest BCUT2D eigenvalue weighted by molar-refractivity contribution is 8.00. The van der Waals surface area contributed by atoms with Gasteiger partial charge in [-0.2, -0.15) is 8.42 Å². The van der Waals surface area contributed by atoms with Gasteiger partial charge in [0.15, 0.2) is 0 Å². The van der Waals surface area contributed by atoms with E-state index < -0.39 is 15.9 Å². The minimum absolute atomic E-state index is 0.0602. The minimum atomic E-state index is -4.03. The number of thioether (sulfide) groups is 2. The van der Waals surface area contributed by atoms with Crippen molar-refractivity contribution in [2.75, 3.05) is 17.3 Å². The Morgan fingerprint density at radius 1 is 1.00 bits per heavy atom. The van der Waals surface area contributed by atoms with Gasteiger partial charge >= 0.3 is 0 Å². The van der Waals surface area contributed by atoms with Crippen molar-refractivity contribution >= 4 is 33.6 Å². The van der Waals surface area contributed by atoms with E-state index in [1.807, 2.05) is 6.92 Å². The van der Waals surface area contributed by atoms with Gasteiger partial charge in [0.25, 0.3) is 10.1 Å². The highest BCUT2D eigenvalue weighted by atomic mass is 32.2. The Labute approximate surface area is 127 Å². The topological polar surface area (TPSA) is 94.8 Å². The van der Waals surface area contributed by atoms with Crippen LogP contribution in [0.3, 0.4) is 0 Å². The van der Waals surface area contributed by atoms with Gasteiger partial charge < -0.3 is 10.2 Å².